The molecule has 1 saturated heterocycles. The molecule has 1 fully saturated rings. The SMILES string of the molecule is COc1ccc2c3c(n(C)c2c1)[C@H](CO)N(C(=O)Nc1ccc(F)cc1)CC31CCN(S(=O)(=O)c2cccc(F)c2)CC1. The van der Waals surface area contributed by atoms with Crippen LogP contribution in [0.15, 0.2) is 71.6 Å². The molecule has 6 rings (SSSR count). The van der Waals surface area contributed by atoms with E-state index in [4.69, 9.17) is 4.74 Å². The van der Waals surface area contributed by atoms with E-state index in [1.165, 1.54) is 46.8 Å². The minimum absolute atomic E-state index is 0.106. The number of rotatable bonds is 5. The third kappa shape index (κ3) is 4.92. The van der Waals surface area contributed by atoms with E-state index in [2.05, 4.69) is 5.32 Å². The Kier molecular flexibility index (Phi) is 7.39. The van der Waals surface area contributed by atoms with Gasteiger partial charge in [-0.05, 0) is 73.0 Å². The summed E-state index contributed by atoms with van der Waals surface area (Å²) in [5.41, 5.74) is 2.34. The lowest BCUT2D eigenvalue weighted by molar-refractivity contribution is 0.0841. The number of carbonyl (C=O) groups excluding carboxylic acids is 1. The molecule has 43 heavy (non-hydrogen) atoms. The molecule has 3 heterocycles. The number of hydrogen-bond acceptors (Lipinski definition) is 5. The van der Waals surface area contributed by atoms with Crippen LogP contribution < -0.4 is 10.1 Å². The molecule has 226 valence electrons. The molecule has 3 aromatic carbocycles. The summed E-state index contributed by atoms with van der Waals surface area (Å²) in [7, 11) is -0.486. The Bertz CT molecular complexity index is 1800. The molecule has 0 aliphatic carbocycles. The van der Waals surface area contributed by atoms with Crippen LogP contribution >= 0.6 is 0 Å². The molecule has 2 amide bonds. The average molecular weight is 611 g/mol. The second kappa shape index (κ2) is 10.9. The number of aliphatic hydroxyl groups is 1. The van der Waals surface area contributed by atoms with Gasteiger partial charge in [-0.15, -0.1) is 0 Å². The minimum atomic E-state index is -3.94. The van der Waals surface area contributed by atoms with Gasteiger partial charge in [0.2, 0.25) is 10.0 Å². The number of nitrogens with zero attached hydrogens (tertiary/aromatic N) is 3. The van der Waals surface area contributed by atoms with E-state index < -0.39 is 39.1 Å². The first-order valence-corrected chi connectivity index (χ1v) is 15.4. The van der Waals surface area contributed by atoms with Gasteiger partial charge < -0.3 is 24.6 Å². The zero-order chi connectivity index (χ0) is 30.5. The lowest BCUT2D eigenvalue weighted by Gasteiger charge is -2.50. The maximum atomic E-state index is 13.9. The molecule has 0 bridgehead atoms. The third-order valence-electron chi connectivity index (χ3n) is 8.79. The number of aromatic nitrogens is 1. The van der Waals surface area contributed by atoms with E-state index in [1.54, 1.807) is 12.0 Å². The zero-order valence-electron chi connectivity index (χ0n) is 23.8. The van der Waals surface area contributed by atoms with Gasteiger partial charge in [0, 0.05) is 54.9 Å². The van der Waals surface area contributed by atoms with Crippen molar-refractivity contribution in [3.05, 3.63) is 89.6 Å². The van der Waals surface area contributed by atoms with Crippen LogP contribution in [0.3, 0.4) is 0 Å². The standard InChI is InChI=1S/C31H32F2N4O5S/c1-35-26-17-23(42-2)10-11-25(26)28-29(35)27(18-38)37(30(39)34-22-8-6-20(32)7-9-22)19-31(28)12-14-36(15-13-31)43(40,41)24-5-3-4-21(33)16-24/h3-11,16-17,27,38H,12-15,18-19H2,1-2H3,(H,34,39)/t27-/m0/s1. The van der Waals surface area contributed by atoms with Crippen LogP contribution in [0.5, 0.6) is 5.75 Å². The number of halogens is 2. The van der Waals surface area contributed by atoms with E-state index in [0.717, 1.165) is 28.2 Å². The molecule has 0 unspecified atom stereocenters. The Morgan fingerprint density at radius 1 is 1.05 bits per heavy atom. The van der Waals surface area contributed by atoms with Crippen molar-refractivity contribution < 1.29 is 31.8 Å². The topological polar surface area (TPSA) is 104 Å². The monoisotopic (exact) mass is 610 g/mol. The third-order valence-corrected chi connectivity index (χ3v) is 10.7. The molecule has 1 spiro atoms. The fraction of sp³-hybridized carbons (Fsp3) is 0.323. The number of methoxy groups -OCH3 is 1. The Morgan fingerprint density at radius 2 is 1.77 bits per heavy atom. The summed E-state index contributed by atoms with van der Waals surface area (Å²) in [6, 6.07) is 15.0. The highest BCUT2D eigenvalue weighted by atomic mass is 32.2. The number of carbonyl (C=O) groups is 1. The number of hydrogen-bond donors (Lipinski definition) is 2. The molecular weight excluding hydrogens is 578 g/mol. The van der Waals surface area contributed by atoms with Gasteiger partial charge in [-0.2, -0.15) is 4.31 Å². The highest BCUT2D eigenvalue weighted by Crippen LogP contribution is 2.50. The number of amides is 2. The number of ether oxygens (including phenoxy) is 1. The second-order valence-electron chi connectivity index (χ2n) is 11.1. The molecule has 1 atom stereocenters. The Balaban J connectivity index is 1.42. The van der Waals surface area contributed by atoms with Crippen LogP contribution in [0.4, 0.5) is 19.3 Å². The molecule has 0 radical (unpaired) electrons. The number of urea groups is 1. The van der Waals surface area contributed by atoms with Crippen LogP contribution in [-0.4, -0.2) is 66.7 Å². The molecule has 0 saturated carbocycles. The molecule has 12 heteroatoms. The summed E-state index contributed by atoms with van der Waals surface area (Å²) in [4.78, 5) is 15.2. The summed E-state index contributed by atoms with van der Waals surface area (Å²) in [6.45, 7) is 0.183. The van der Waals surface area contributed by atoms with Gasteiger partial charge >= 0.3 is 6.03 Å². The predicted octanol–water partition coefficient (Wildman–Crippen LogP) is 4.77. The van der Waals surface area contributed by atoms with Gasteiger partial charge in [0.15, 0.2) is 0 Å². The van der Waals surface area contributed by atoms with E-state index >= 15 is 0 Å². The fourth-order valence-electron chi connectivity index (χ4n) is 6.64. The van der Waals surface area contributed by atoms with Crippen molar-refractivity contribution in [3.8, 4) is 5.75 Å². The number of piperidine rings is 1. The first-order valence-electron chi connectivity index (χ1n) is 13.9. The van der Waals surface area contributed by atoms with Crippen molar-refractivity contribution in [1.82, 2.24) is 13.8 Å². The predicted molar refractivity (Wildman–Crippen MR) is 157 cm³/mol. The summed E-state index contributed by atoms with van der Waals surface area (Å²) in [5, 5.41) is 14.4. The highest BCUT2D eigenvalue weighted by Gasteiger charge is 2.50. The van der Waals surface area contributed by atoms with Crippen molar-refractivity contribution >= 4 is 32.6 Å². The first kappa shape index (κ1) is 29.1. The Labute approximate surface area is 248 Å². The van der Waals surface area contributed by atoms with Gasteiger partial charge in [-0.1, -0.05) is 6.07 Å². The normalized spacial score (nSPS) is 18.5. The molecule has 2 aliphatic rings. The molecular formula is C31H32F2N4O5S. The summed E-state index contributed by atoms with van der Waals surface area (Å²) in [5.74, 6) is -0.406. The van der Waals surface area contributed by atoms with E-state index in [0.29, 0.717) is 24.3 Å². The van der Waals surface area contributed by atoms with Gasteiger partial charge in [0.25, 0.3) is 0 Å². The van der Waals surface area contributed by atoms with Gasteiger partial charge in [-0.25, -0.2) is 22.0 Å². The smallest absolute Gasteiger partial charge is 0.322 e. The first-order chi connectivity index (χ1) is 20.6. The minimum Gasteiger partial charge on any atom is -0.497 e. The number of anilines is 1. The zero-order valence-corrected chi connectivity index (χ0v) is 24.6. The largest absolute Gasteiger partial charge is 0.497 e. The second-order valence-corrected chi connectivity index (χ2v) is 13.0. The van der Waals surface area contributed by atoms with Crippen molar-refractivity contribution in [2.75, 3.05) is 38.7 Å². The Hall–Kier alpha value is -4.00. The quantitative estimate of drug-likeness (QED) is 0.339. The summed E-state index contributed by atoms with van der Waals surface area (Å²) < 4.78 is 63.1. The molecule has 2 N–H and O–H groups in total. The highest BCUT2D eigenvalue weighted by molar-refractivity contribution is 7.89. The summed E-state index contributed by atoms with van der Waals surface area (Å²) in [6.07, 6.45) is 0.774. The van der Waals surface area contributed by atoms with Gasteiger partial charge in [0.05, 0.1) is 30.2 Å². The van der Waals surface area contributed by atoms with Crippen molar-refractivity contribution in [2.45, 2.75) is 29.2 Å². The molecule has 4 aromatic rings. The Morgan fingerprint density at radius 3 is 2.42 bits per heavy atom. The molecule has 2 aliphatic heterocycles. The average Bonchev–Trinajstić information content (AvgIpc) is 3.31. The number of nitrogens with one attached hydrogen (secondary N) is 1. The lowest BCUT2D eigenvalue weighted by atomic mass is 9.68. The van der Waals surface area contributed by atoms with Crippen molar-refractivity contribution in [3.63, 3.8) is 0 Å². The van der Waals surface area contributed by atoms with Crippen molar-refractivity contribution in [1.29, 1.82) is 0 Å². The van der Waals surface area contributed by atoms with E-state index in [-0.39, 0.29) is 31.1 Å². The van der Waals surface area contributed by atoms with Gasteiger partial charge in [-0.3, -0.25) is 0 Å². The maximum absolute atomic E-state index is 13.9. The fourth-order valence-corrected chi connectivity index (χ4v) is 8.11. The van der Waals surface area contributed by atoms with Crippen LogP contribution in [0, 0.1) is 11.6 Å². The number of sulfonamides is 1. The van der Waals surface area contributed by atoms with Crippen LogP contribution in [-0.2, 0) is 22.5 Å². The van der Waals surface area contributed by atoms with Crippen molar-refractivity contribution in [2.24, 2.45) is 7.05 Å². The van der Waals surface area contributed by atoms with Gasteiger partial charge in [0.1, 0.15) is 17.4 Å². The molecule has 9 nitrogen and oxygen atoms in total. The maximum Gasteiger partial charge on any atom is 0.322 e. The number of benzene rings is 3. The van der Waals surface area contributed by atoms with E-state index in [9.17, 15) is 27.1 Å². The van der Waals surface area contributed by atoms with E-state index in [1.807, 2.05) is 29.8 Å². The number of aliphatic hydroxyl groups excluding tert-OH is 1. The summed E-state index contributed by atoms with van der Waals surface area (Å²) >= 11 is 0. The number of aryl methyl sites for hydroxylation is 1. The van der Waals surface area contributed by atoms with Crippen LogP contribution in [0.25, 0.3) is 10.9 Å². The lowest BCUT2D eigenvalue weighted by Crippen LogP contribution is -2.56. The van der Waals surface area contributed by atoms with Crippen LogP contribution in [0.1, 0.15) is 30.1 Å². The molecule has 1 aromatic heterocycles. The number of fused-ring (bicyclic) bond motifs is 4. The van der Waals surface area contributed by atoms with Crippen LogP contribution in [0.2, 0.25) is 0 Å².